The fourth-order valence-electron chi connectivity index (χ4n) is 1.44. The van der Waals surface area contributed by atoms with Crippen molar-refractivity contribution >= 4 is 0 Å². The van der Waals surface area contributed by atoms with E-state index >= 15 is 0 Å². The molecule has 1 aromatic rings. The first-order valence-electron chi connectivity index (χ1n) is 5.66. The Bertz CT molecular complexity index is 268. The van der Waals surface area contributed by atoms with Gasteiger partial charge in [0.05, 0.1) is 6.61 Å². The van der Waals surface area contributed by atoms with Crippen molar-refractivity contribution in [3.05, 3.63) is 24.0 Å². The number of aromatic nitrogens is 1. The van der Waals surface area contributed by atoms with E-state index in [0.29, 0.717) is 6.54 Å². The zero-order valence-corrected chi connectivity index (χ0v) is 9.78. The molecule has 0 aliphatic carbocycles. The molecule has 2 N–H and O–H groups in total. The Kier molecular flexibility index (Phi) is 5.43. The van der Waals surface area contributed by atoms with E-state index in [4.69, 9.17) is 10.5 Å². The van der Waals surface area contributed by atoms with Gasteiger partial charge in [-0.25, -0.2) is 0 Å². The van der Waals surface area contributed by atoms with Gasteiger partial charge in [0.1, 0.15) is 0 Å². The first-order valence-corrected chi connectivity index (χ1v) is 5.66. The molecule has 1 aromatic heterocycles. The van der Waals surface area contributed by atoms with E-state index in [1.165, 1.54) is 5.69 Å². The van der Waals surface area contributed by atoms with Crippen molar-refractivity contribution in [1.29, 1.82) is 0 Å². The highest BCUT2D eigenvalue weighted by Gasteiger charge is 1.98. The fraction of sp³-hybridized carbons (Fsp3) is 0.667. The van der Waals surface area contributed by atoms with E-state index in [0.717, 1.165) is 32.1 Å². The lowest BCUT2D eigenvalue weighted by Crippen LogP contribution is -2.11. The fourth-order valence-corrected chi connectivity index (χ4v) is 1.44. The molecule has 3 nitrogen and oxygen atoms in total. The van der Waals surface area contributed by atoms with Gasteiger partial charge < -0.3 is 15.0 Å². The highest BCUT2D eigenvalue weighted by Crippen LogP contribution is 2.02. The summed E-state index contributed by atoms with van der Waals surface area (Å²) in [5.41, 5.74) is 6.77. The number of rotatable bonds is 7. The molecular formula is C12H22N2O. The predicted octanol–water partition coefficient (Wildman–Crippen LogP) is 2.01. The molecule has 0 radical (unpaired) electrons. The lowest BCUT2D eigenvalue weighted by Gasteiger charge is -2.09. The average Bonchev–Trinajstić information content (AvgIpc) is 2.64. The minimum absolute atomic E-state index is 0.596. The SMILES string of the molecule is CC(C)CCOCCn1cccc1CN. The molecule has 1 heterocycles. The van der Waals surface area contributed by atoms with Gasteiger partial charge in [-0.05, 0) is 24.5 Å². The average molecular weight is 210 g/mol. The van der Waals surface area contributed by atoms with Crippen molar-refractivity contribution in [2.24, 2.45) is 11.7 Å². The minimum atomic E-state index is 0.596. The van der Waals surface area contributed by atoms with E-state index in [1.807, 2.05) is 18.3 Å². The van der Waals surface area contributed by atoms with Crippen LogP contribution in [0.5, 0.6) is 0 Å². The van der Waals surface area contributed by atoms with Crippen molar-refractivity contribution in [1.82, 2.24) is 4.57 Å². The van der Waals surface area contributed by atoms with Gasteiger partial charge in [-0.3, -0.25) is 0 Å². The van der Waals surface area contributed by atoms with Crippen molar-refractivity contribution in [2.75, 3.05) is 13.2 Å². The monoisotopic (exact) mass is 210 g/mol. The summed E-state index contributed by atoms with van der Waals surface area (Å²) in [6.45, 7) is 7.55. The minimum Gasteiger partial charge on any atom is -0.380 e. The number of hydrogen-bond donors (Lipinski definition) is 1. The van der Waals surface area contributed by atoms with Crippen molar-refractivity contribution in [3.63, 3.8) is 0 Å². The second kappa shape index (κ2) is 6.64. The Morgan fingerprint density at radius 2 is 2.20 bits per heavy atom. The lowest BCUT2D eigenvalue weighted by molar-refractivity contribution is 0.116. The molecule has 0 saturated heterocycles. The van der Waals surface area contributed by atoms with Gasteiger partial charge in [0.25, 0.3) is 0 Å². The van der Waals surface area contributed by atoms with Crippen LogP contribution in [-0.4, -0.2) is 17.8 Å². The standard InChI is InChI=1S/C12H22N2O/c1-11(2)5-8-15-9-7-14-6-3-4-12(14)10-13/h3-4,6,11H,5,7-10,13H2,1-2H3. The molecule has 0 atom stereocenters. The first-order chi connectivity index (χ1) is 7.24. The molecule has 0 aromatic carbocycles. The van der Waals surface area contributed by atoms with E-state index < -0.39 is 0 Å². The van der Waals surface area contributed by atoms with E-state index in [2.05, 4.69) is 18.4 Å². The summed E-state index contributed by atoms with van der Waals surface area (Å²) in [5.74, 6) is 0.719. The molecule has 0 amide bonds. The maximum atomic E-state index is 5.60. The lowest BCUT2D eigenvalue weighted by atomic mass is 10.1. The Morgan fingerprint density at radius 3 is 2.87 bits per heavy atom. The number of nitrogens with zero attached hydrogens (tertiary/aromatic N) is 1. The van der Waals surface area contributed by atoms with Crippen LogP contribution in [0.25, 0.3) is 0 Å². The first kappa shape index (κ1) is 12.3. The van der Waals surface area contributed by atoms with Crippen LogP contribution in [0, 0.1) is 5.92 Å². The molecule has 0 saturated carbocycles. The maximum Gasteiger partial charge on any atom is 0.0645 e. The summed E-state index contributed by atoms with van der Waals surface area (Å²) in [7, 11) is 0. The molecule has 0 aliphatic heterocycles. The number of hydrogen-bond acceptors (Lipinski definition) is 2. The molecule has 1 rings (SSSR count). The van der Waals surface area contributed by atoms with Gasteiger partial charge in [0.15, 0.2) is 0 Å². The summed E-state index contributed by atoms with van der Waals surface area (Å²) >= 11 is 0. The molecule has 86 valence electrons. The molecule has 0 bridgehead atoms. The molecule has 15 heavy (non-hydrogen) atoms. The highest BCUT2D eigenvalue weighted by molar-refractivity contribution is 5.06. The normalized spacial score (nSPS) is 11.2. The van der Waals surface area contributed by atoms with Gasteiger partial charge in [-0.1, -0.05) is 13.8 Å². The van der Waals surface area contributed by atoms with E-state index in [-0.39, 0.29) is 0 Å². The maximum absolute atomic E-state index is 5.60. The molecule has 3 heteroatoms. The van der Waals surface area contributed by atoms with Crippen molar-refractivity contribution in [3.8, 4) is 0 Å². The third-order valence-electron chi connectivity index (χ3n) is 2.45. The van der Waals surface area contributed by atoms with Crippen LogP contribution in [-0.2, 0) is 17.8 Å². The van der Waals surface area contributed by atoms with Crippen LogP contribution in [0.2, 0.25) is 0 Å². The van der Waals surface area contributed by atoms with Crippen LogP contribution in [0.1, 0.15) is 26.0 Å². The summed E-state index contributed by atoms with van der Waals surface area (Å²) in [4.78, 5) is 0. The quantitative estimate of drug-likeness (QED) is 0.699. The molecule has 0 unspecified atom stereocenters. The van der Waals surface area contributed by atoms with Crippen LogP contribution in [0.3, 0.4) is 0 Å². The zero-order valence-electron chi connectivity index (χ0n) is 9.78. The summed E-state index contributed by atoms with van der Waals surface area (Å²) < 4.78 is 7.70. The number of ether oxygens (including phenoxy) is 1. The van der Waals surface area contributed by atoms with E-state index in [9.17, 15) is 0 Å². The number of nitrogens with two attached hydrogens (primary N) is 1. The summed E-state index contributed by atoms with van der Waals surface area (Å²) in [6, 6.07) is 4.07. The molecular weight excluding hydrogens is 188 g/mol. The molecule has 0 aliphatic rings. The highest BCUT2D eigenvalue weighted by atomic mass is 16.5. The van der Waals surface area contributed by atoms with Crippen molar-refractivity contribution < 1.29 is 4.74 Å². The van der Waals surface area contributed by atoms with Gasteiger partial charge in [0, 0.05) is 31.6 Å². The van der Waals surface area contributed by atoms with Gasteiger partial charge in [0.2, 0.25) is 0 Å². The van der Waals surface area contributed by atoms with Crippen LogP contribution in [0.15, 0.2) is 18.3 Å². The third-order valence-corrected chi connectivity index (χ3v) is 2.45. The largest absolute Gasteiger partial charge is 0.380 e. The Morgan fingerprint density at radius 1 is 1.40 bits per heavy atom. The second-order valence-electron chi connectivity index (χ2n) is 4.19. The topological polar surface area (TPSA) is 40.2 Å². The van der Waals surface area contributed by atoms with Gasteiger partial charge >= 0.3 is 0 Å². The predicted molar refractivity (Wildman–Crippen MR) is 62.6 cm³/mol. The Hall–Kier alpha value is -0.800. The zero-order chi connectivity index (χ0) is 11.1. The smallest absolute Gasteiger partial charge is 0.0645 e. The van der Waals surface area contributed by atoms with Gasteiger partial charge in [-0.2, -0.15) is 0 Å². The van der Waals surface area contributed by atoms with E-state index in [1.54, 1.807) is 0 Å². The Labute approximate surface area is 92.2 Å². The second-order valence-corrected chi connectivity index (χ2v) is 4.19. The summed E-state index contributed by atoms with van der Waals surface area (Å²) in [5, 5.41) is 0. The molecule has 0 spiro atoms. The Balaban J connectivity index is 2.15. The summed E-state index contributed by atoms with van der Waals surface area (Å²) in [6.07, 6.45) is 3.18. The van der Waals surface area contributed by atoms with Gasteiger partial charge in [-0.15, -0.1) is 0 Å². The van der Waals surface area contributed by atoms with Crippen LogP contribution in [0.4, 0.5) is 0 Å². The van der Waals surface area contributed by atoms with Crippen molar-refractivity contribution in [2.45, 2.75) is 33.4 Å². The molecule has 0 fully saturated rings. The van der Waals surface area contributed by atoms with Crippen LogP contribution < -0.4 is 5.73 Å². The van der Waals surface area contributed by atoms with Crippen LogP contribution >= 0.6 is 0 Å². The third kappa shape index (κ3) is 4.49.